The van der Waals surface area contributed by atoms with Gasteiger partial charge in [-0.3, -0.25) is 4.79 Å². The number of aliphatic carboxylic acids is 1. The zero-order valence-corrected chi connectivity index (χ0v) is 9.45. The molecule has 15 heavy (non-hydrogen) atoms. The average molecular weight is 213 g/mol. The monoisotopic (exact) mass is 213 g/mol. The van der Waals surface area contributed by atoms with Crippen molar-refractivity contribution in [3.05, 3.63) is 0 Å². The quantitative estimate of drug-likeness (QED) is 0.775. The highest BCUT2D eigenvalue weighted by Gasteiger charge is 2.40. The molecule has 86 valence electrons. The lowest BCUT2D eigenvalue weighted by molar-refractivity contribution is -0.158. The predicted octanol–water partition coefficient (Wildman–Crippen LogP) is 1.64. The maximum absolute atomic E-state index is 11.8. The van der Waals surface area contributed by atoms with Crippen molar-refractivity contribution in [2.24, 2.45) is 0 Å². The van der Waals surface area contributed by atoms with Crippen LogP contribution in [0.1, 0.15) is 46.0 Å². The molecule has 1 aliphatic heterocycles. The molecule has 1 amide bonds. The van der Waals surface area contributed by atoms with E-state index in [2.05, 4.69) is 0 Å². The van der Waals surface area contributed by atoms with Gasteiger partial charge in [-0.25, -0.2) is 4.79 Å². The largest absolute Gasteiger partial charge is 0.480 e. The van der Waals surface area contributed by atoms with Crippen LogP contribution in [-0.4, -0.2) is 34.0 Å². The molecule has 0 aromatic carbocycles. The number of carbonyl (C=O) groups excluding carboxylic acids is 1. The number of nitrogens with zero attached hydrogens (tertiary/aromatic N) is 1. The Morgan fingerprint density at radius 3 is 2.67 bits per heavy atom. The number of carboxylic acids is 1. The molecule has 0 bridgehead atoms. The summed E-state index contributed by atoms with van der Waals surface area (Å²) in [7, 11) is 0. The van der Waals surface area contributed by atoms with Gasteiger partial charge in [0.25, 0.3) is 0 Å². The van der Waals surface area contributed by atoms with Gasteiger partial charge in [-0.05, 0) is 26.2 Å². The first-order valence-corrected chi connectivity index (χ1v) is 5.56. The lowest BCUT2D eigenvalue weighted by Crippen LogP contribution is -2.54. The number of carbonyl (C=O) groups is 2. The molecular formula is C11H19NO3. The summed E-state index contributed by atoms with van der Waals surface area (Å²) in [5, 5.41) is 9.20. The first-order chi connectivity index (χ1) is 7.02. The zero-order chi connectivity index (χ0) is 11.5. The lowest BCUT2D eigenvalue weighted by atomic mass is 9.96. The van der Waals surface area contributed by atoms with Crippen molar-refractivity contribution in [1.82, 2.24) is 4.90 Å². The van der Waals surface area contributed by atoms with E-state index in [0.29, 0.717) is 19.4 Å². The van der Waals surface area contributed by atoms with Crippen molar-refractivity contribution in [3.63, 3.8) is 0 Å². The molecule has 1 unspecified atom stereocenters. The number of likely N-dealkylation sites (tertiary alicyclic amines) is 1. The fraction of sp³-hybridized carbons (Fsp3) is 0.818. The minimum absolute atomic E-state index is 0.0146. The predicted molar refractivity (Wildman–Crippen MR) is 56.5 cm³/mol. The summed E-state index contributed by atoms with van der Waals surface area (Å²) < 4.78 is 0. The van der Waals surface area contributed by atoms with Gasteiger partial charge < -0.3 is 10.0 Å². The highest BCUT2D eigenvalue weighted by atomic mass is 16.4. The molecule has 1 fully saturated rings. The van der Waals surface area contributed by atoms with Gasteiger partial charge in [-0.15, -0.1) is 0 Å². The van der Waals surface area contributed by atoms with Crippen molar-refractivity contribution in [2.45, 2.75) is 51.5 Å². The summed E-state index contributed by atoms with van der Waals surface area (Å²) in [6.45, 7) is 4.03. The summed E-state index contributed by atoms with van der Waals surface area (Å²) in [5.74, 6) is -0.917. The fourth-order valence-electron chi connectivity index (χ4n) is 1.96. The SMILES string of the molecule is CCC(C)(C(=O)O)N1CCCCCC1=O. The Balaban J connectivity index is 2.90. The first kappa shape index (κ1) is 12.0. The standard InChI is InChI=1S/C11H19NO3/c1-3-11(2,10(14)15)12-8-6-4-5-7-9(12)13/h3-8H2,1-2H3,(H,14,15). The van der Waals surface area contributed by atoms with Crippen LogP contribution < -0.4 is 0 Å². The van der Waals surface area contributed by atoms with E-state index >= 15 is 0 Å². The number of rotatable bonds is 3. The molecule has 1 rings (SSSR count). The van der Waals surface area contributed by atoms with E-state index in [9.17, 15) is 14.7 Å². The van der Waals surface area contributed by atoms with Crippen molar-refractivity contribution < 1.29 is 14.7 Å². The maximum Gasteiger partial charge on any atom is 0.329 e. The van der Waals surface area contributed by atoms with Crippen LogP contribution in [-0.2, 0) is 9.59 Å². The van der Waals surface area contributed by atoms with Crippen LogP contribution in [0, 0.1) is 0 Å². The van der Waals surface area contributed by atoms with Crippen molar-refractivity contribution >= 4 is 11.9 Å². The van der Waals surface area contributed by atoms with Gasteiger partial charge in [-0.2, -0.15) is 0 Å². The second kappa shape index (κ2) is 4.64. The van der Waals surface area contributed by atoms with Gasteiger partial charge >= 0.3 is 5.97 Å². The Morgan fingerprint density at radius 1 is 1.47 bits per heavy atom. The van der Waals surface area contributed by atoms with Gasteiger partial charge in [0.15, 0.2) is 0 Å². The van der Waals surface area contributed by atoms with Gasteiger partial charge in [0.05, 0.1) is 0 Å². The highest BCUT2D eigenvalue weighted by Crippen LogP contribution is 2.24. The maximum atomic E-state index is 11.8. The van der Waals surface area contributed by atoms with Crippen LogP contribution in [0.5, 0.6) is 0 Å². The first-order valence-electron chi connectivity index (χ1n) is 5.56. The minimum atomic E-state index is -1.03. The Labute approximate surface area is 90.3 Å². The average Bonchev–Trinajstić information content (AvgIpc) is 2.41. The summed E-state index contributed by atoms with van der Waals surface area (Å²) >= 11 is 0. The molecular weight excluding hydrogens is 194 g/mol. The molecule has 1 saturated heterocycles. The number of hydrogen-bond acceptors (Lipinski definition) is 2. The molecule has 4 heteroatoms. The number of carboxylic acid groups (broad SMARTS) is 1. The van der Waals surface area contributed by atoms with Crippen LogP contribution in [0.15, 0.2) is 0 Å². The van der Waals surface area contributed by atoms with Crippen LogP contribution in [0.2, 0.25) is 0 Å². The zero-order valence-electron chi connectivity index (χ0n) is 9.45. The lowest BCUT2D eigenvalue weighted by Gasteiger charge is -2.36. The van der Waals surface area contributed by atoms with Gasteiger partial charge in [0.1, 0.15) is 5.54 Å². The Morgan fingerprint density at radius 2 is 2.13 bits per heavy atom. The van der Waals surface area contributed by atoms with Crippen molar-refractivity contribution in [3.8, 4) is 0 Å². The van der Waals surface area contributed by atoms with Crippen molar-refractivity contribution in [1.29, 1.82) is 0 Å². The van der Waals surface area contributed by atoms with Crippen LogP contribution in [0.4, 0.5) is 0 Å². The molecule has 1 atom stereocenters. The van der Waals surface area contributed by atoms with Crippen LogP contribution >= 0.6 is 0 Å². The van der Waals surface area contributed by atoms with E-state index < -0.39 is 11.5 Å². The molecule has 4 nitrogen and oxygen atoms in total. The topological polar surface area (TPSA) is 57.6 Å². The highest BCUT2D eigenvalue weighted by molar-refractivity contribution is 5.86. The second-order valence-electron chi connectivity index (χ2n) is 4.29. The third-order valence-electron chi connectivity index (χ3n) is 3.32. The van der Waals surface area contributed by atoms with Gasteiger partial charge in [0, 0.05) is 13.0 Å². The Kier molecular flexibility index (Phi) is 3.72. The fourth-order valence-corrected chi connectivity index (χ4v) is 1.96. The van der Waals surface area contributed by atoms with E-state index in [1.165, 1.54) is 0 Å². The van der Waals surface area contributed by atoms with Gasteiger partial charge in [0.2, 0.25) is 5.91 Å². The summed E-state index contributed by atoms with van der Waals surface area (Å²) in [6.07, 6.45) is 3.75. The van der Waals surface area contributed by atoms with E-state index in [4.69, 9.17) is 0 Å². The van der Waals surface area contributed by atoms with Crippen LogP contribution in [0.25, 0.3) is 0 Å². The molecule has 0 spiro atoms. The molecule has 1 N–H and O–H groups in total. The van der Waals surface area contributed by atoms with E-state index in [-0.39, 0.29) is 5.91 Å². The molecule has 0 radical (unpaired) electrons. The Hall–Kier alpha value is -1.06. The molecule has 0 aromatic rings. The molecule has 1 aliphatic rings. The van der Waals surface area contributed by atoms with Gasteiger partial charge in [-0.1, -0.05) is 13.3 Å². The number of hydrogen-bond donors (Lipinski definition) is 1. The van der Waals surface area contributed by atoms with E-state index in [1.807, 2.05) is 6.92 Å². The second-order valence-corrected chi connectivity index (χ2v) is 4.29. The minimum Gasteiger partial charge on any atom is -0.480 e. The van der Waals surface area contributed by atoms with Crippen LogP contribution in [0.3, 0.4) is 0 Å². The number of amides is 1. The molecule has 0 aromatic heterocycles. The summed E-state index contributed by atoms with van der Waals surface area (Å²) in [4.78, 5) is 24.5. The molecule has 1 heterocycles. The normalized spacial score (nSPS) is 22.0. The smallest absolute Gasteiger partial charge is 0.329 e. The Bertz CT molecular complexity index is 265. The third-order valence-corrected chi connectivity index (χ3v) is 3.32. The molecule has 0 saturated carbocycles. The van der Waals surface area contributed by atoms with Crippen molar-refractivity contribution in [2.75, 3.05) is 6.54 Å². The van der Waals surface area contributed by atoms with E-state index in [1.54, 1.807) is 11.8 Å². The molecule has 0 aliphatic carbocycles. The summed E-state index contributed by atoms with van der Waals surface area (Å²) in [5.41, 5.74) is -1.03. The summed E-state index contributed by atoms with van der Waals surface area (Å²) in [6, 6.07) is 0. The third kappa shape index (κ3) is 2.30. The van der Waals surface area contributed by atoms with E-state index in [0.717, 1.165) is 19.3 Å².